The van der Waals surface area contributed by atoms with Gasteiger partial charge in [0.25, 0.3) is 0 Å². The summed E-state index contributed by atoms with van der Waals surface area (Å²) < 4.78 is 19.3. The van der Waals surface area contributed by atoms with E-state index in [9.17, 15) is 9.18 Å². The van der Waals surface area contributed by atoms with Crippen LogP contribution in [-0.2, 0) is 4.79 Å². The molecule has 0 amide bonds. The molecule has 1 aromatic carbocycles. The molecule has 0 radical (unpaired) electrons. The Balaban J connectivity index is 1.71. The number of rotatable bonds is 7. The molecular weight excluding hydrogens is 327 g/mol. The second-order valence-electron chi connectivity index (χ2n) is 6.12. The first kappa shape index (κ1) is 17.3. The van der Waals surface area contributed by atoms with Crippen molar-refractivity contribution in [3.05, 3.63) is 24.3 Å². The highest BCUT2D eigenvalue weighted by Crippen LogP contribution is 2.32. The number of nitrogens with zero attached hydrogens (tertiary/aromatic N) is 3. The van der Waals surface area contributed by atoms with Gasteiger partial charge in [0.15, 0.2) is 11.6 Å². The summed E-state index contributed by atoms with van der Waals surface area (Å²) in [5.41, 5.74) is 0.216. The maximum absolute atomic E-state index is 14.3. The molecule has 1 aromatic heterocycles. The number of hydrogen-bond acceptors (Lipinski definition) is 6. The summed E-state index contributed by atoms with van der Waals surface area (Å²) in [6, 6.07) is 3.71. The van der Waals surface area contributed by atoms with Gasteiger partial charge in [0.1, 0.15) is 17.7 Å². The minimum Gasteiger partial charge on any atom is -0.494 e. The molecule has 2 aromatic rings. The van der Waals surface area contributed by atoms with Crippen LogP contribution in [0.25, 0.3) is 10.9 Å². The first-order valence-corrected chi connectivity index (χ1v) is 8.23. The first-order valence-electron chi connectivity index (χ1n) is 8.23. The van der Waals surface area contributed by atoms with Gasteiger partial charge in [-0.3, -0.25) is 9.69 Å². The maximum Gasteiger partial charge on any atom is 0.317 e. The van der Waals surface area contributed by atoms with Crippen molar-refractivity contribution in [2.75, 3.05) is 25.5 Å². The molecule has 0 saturated heterocycles. The van der Waals surface area contributed by atoms with Crippen LogP contribution in [0.15, 0.2) is 18.5 Å². The van der Waals surface area contributed by atoms with Crippen molar-refractivity contribution in [3.8, 4) is 5.75 Å². The van der Waals surface area contributed by atoms with Crippen LogP contribution in [0.2, 0.25) is 0 Å². The van der Waals surface area contributed by atoms with Crippen LogP contribution in [-0.4, -0.2) is 58.2 Å². The van der Waals surface area contributed by atoms with Crippen LogP contribution in [0.1, 0.15) is 19.8 Å². The van der Waals surface area contributed by atoms with Gasteiger partial charge >= 0.3 is 5.97 Å². The number of carboxylic acids is 1. The number of carboxylic acid groups (broad SMARTS) is 1. The van der Waals surface area contributed by atoms with Gasteiger partial charge in [-0.15, -0.1) is 0 Å². The van der Waals surface area contributed by atoms with Crippen molar-refractivity contribution in [2.45, 2.75) is 31.8 Å². The van der Waals surface area contributed by atoms with Crippen molar-refractivity contribution in [2.24, 2.45) is 0 Å². The highest BCUT2D eigenvalue weighted by atomic mass is 19.1. The molecule has 1 aliphatic carbocycles. The molecule has 1 saturated carbocycles. The van der Waals surface area contributed by atoms with E-state index in [1.54, 1.807) is 12.1 Å². The number of fused-ring (bicyclic) bond motifs is 1. The van der Waals surface area contributed by atoms with E-state index in [1.807, 2.05) is 11.8 Å². The number of halogens is 1. The quantitative estimate of drug-likeness (QED) is 0.792. The second-order valence-corrected chi connectivity index (χ2v) is 6.12. The number of anilines is 1. The Morgan fingerprint density at radius 3 is 2.84 bits per heavy atom. The van der Waals surface area contributed by atoms with E-state index < -0.39 is 11.8 Å². The Hall–Kier alpha value is -2.48. The van der Waals surface area contributed by atoms with E-state index in [0.29, 0.717) is 17.7 Å². The van der Waals surface area contributed by atoms with Gasteiger partial charge in [0.05, 0.1) is 13.7 Å². The van der Waals surface area contributed by atoms with Crippen LogP contribution in [0.5, 0.6) is 5.75 Å². The standard InChI is InChI=1S/C17H21FN4O3/c1-3-22(8-14(23)24)11-6-10(7-11)21-17-12-4-5-13(25-2)15(18)16(12)19-9-20-17/h4-5,9-11H,3,6-8H2,1-2H3,(H,23,24)(H,19,20,21). The number of nitrogens with one attached hydrogen (secondary N) is 1. The predicted octanol–water partition coefficient (Wildman–Crippen LogP) is 2.13. The number of aromatic nitrogens is 2. The lowest BCUT2D eigenvalue weighted by Crippen LogP contribution is -2.51. The lowest BCUT2D eigenvalue weighted by Gasteiger charge is -2.42. The van der Waals surface area contributed by atoms with E-state index in [1.165, 1.54) is 13.4 Å². The van der Waals surface area contributed by atoms with Gasteiger partial charge in [-0.05, 0) is 31.5 Å². The van der Waals surface area contributed by atoms with E-state index >= 15 is 0 Å². The molecule has 25 heavy (non-hydrogen) atoms. The SMILES string of the molecule is CCN(CC(=O)O)C1CC(Nc2ncnc3c(F)c(OC)ccc23)C1. The number of methoxy groups -OCH3 is 1. The van der Waals surface area contributed by atoms with Crippen LogP contribution < -0.4 is 10.1 Å². The van der Waals surface area contributed by atoms with E-state index in [-0.39, 0.29) is 29.9 Å². The van der Waals surface area contributed by atoms with Crippen molar-refractivity contribution in [3.63, 3.8) is 0 Å². The number of benzene rings is 1. The van der Waals surface area contributed by atoms with E-state index in [2.05, 4.69) is 15.3 Å². The summed E-state index contributed by atoms with van der Waals surface area (Å²) in [5, 5.41) is 12.9. The largest absolute Gasteiger partial charge is 0.494 e. The molecule has 1 heterocycles. The molecule has 7 nitrogen and oxygen atoms in total. The highest BCUT2D eigenvalue weighted by molar-refractivity contribution is 5.90. The molecule has 8 heteroatoms. The van der Waals surface area contributed by atoms with Gasteiger partial charge in [-0.25, -0.2) is 14.4 Å². The molecule has 3 rings (SSSR count). The Morgan fingerprint density at radius 1 is 1.44 bits per heavy atom. The summed E-state index contributed by atoms with van der Waals surface area (Å²) in [4.78, 5) is 21.1. The minimum atomic E-state index is -0.815. The smallest absolute Gasteiger partial charge is 0.317 e. The highest BCUT2D eigenvalue weighted by Gasteiger charge is 2.34. The maximum atomic E-state index is 14.3. The average Bonchev–Trinajstić information content (AvgIpc) is 2.56. The molecule has 0 atom stereocenters. The number of ether oxygens (including phenoxy) is 1. The Kier molecular flexibility index (Phi) is 4.98. The molecular formula is C17H21FN4O3. The zero-order chi connectivity index (χ0) is 18.0. The minimum absolute atomic E-state index is 0.0509. The molecule has 0 unspecified atom stereocenters. The molecule has 134 valence electrons. The van der Waals surface area contributed by atoms with Gasteiger partial charge in [-0.1, -0.05) is 6.92 Å². The summed E-state index contributed by atoms with van der Waals surface area (Å²) in [5.74, 6) is -0.593. The van der Waals surface area contributed by atoms with Crippen molar-refractivity contribution in [1.29, 1.82) is 0 Å². The molecule has 0 bridgehead atoms. The van der Waals surface area contributed by atoms with Gasteiger partial charge in [0, 0.05) is 17.5 Å². The van der Waals surface area contributed by atoms with E-state index in [0.717, 1.165) is 12.8 Å². The summed E-state index contributed by atoms with van der Waals surface area (Å²) >= 11 is 0. The van der Waals surface area contributed by atoms with Crippen LogP contribution in [0.3, 0.4) is 0 Å². The van der Waals surface area contributed by atoms with Crippen molar-refractivity contribution < 1.29 is 19.0 Å². The van der Waals surface area contributed by atoms with Crippen molar-refractivity contribution >= 4 is 22.7 Å². The fourth-order valence-electron chi connectivity index (χ4n) is 3.22. The number of likely N-dealkylation sites (N-methyl/N-ethyl adjacent to an activating group) is 1. The van der Waals surface area contributed by atoms with Crippen LogP contribution in [0.4, 0.5) is 10.2 Å². The molecule has 2 N–H and O–H groups in total. The summed E-state index contributed by atoms with van der Waals surface area (Å²) in [6.45, 7) is 2.71. The lowest BCUT2D eigenvalue weighted by molar-refractivity contribution is -0.139. The lowest BCUT2D eigenvalue weighted by atomic mass is 9.85. The van der Waals surface area contributed by atoms with Gasteiger partial charge in [0.2, 0.25) is 0 Å². The third-order valence-electron chi connectivity index (χ3n) is 4.64. The Morgan fingerprint density at radius 2 is 2.20 bits per heavy atom. The number of carbonyl (C=O) groups is 1. The fraction of sp³-hybridized carbons (Fsp3) is 0.471. The third-order valence-corrected chi connectivity index (χ3v) is 4.64. The number of hydrogen-bond donors (Lipinski definition) is 2. The predicted molar refractivity (Wildman–Crippen MR) is 91.4 cm³/mol. The zero-order valence-corrected chi connectivity index (χ0v) is 14.2. The van der Waals surface area contributed by atoms with E-state index in [4.69, 9.17) is 9.84 Å². The average molecular weight is 348 g/mol. The van der Waals surface area contributed by atoms with Gasteiger partial charge in [-0.2, -0.15) is 0 Å². The molecule has 1 fully saturated rings. The molecule has 0 spiro atoms. The van der Waals surface area contributed by atoms with Gasteiger partial charge < -0.3 is 15.2 Å². The fourth-order valence-corrected chi connectivity index (χ4v) is 3.22. The van der Waals surface area contributed by atoms with Crippen LogP contribution >= 0.6 is 0 Å². The molecule has 0 aliphatic heterocycles. The Labute approximate surface area is 144 Å². The second kappa shape index (κ2) is 7.18. The first-order chi connectivity index (χ1) is 12.0. The van der Waals surface area contributed by atoms with Crippen LogP contribution in [0, 0.1) is 5.82 Å². The normalized spacial score (nSPS) is 19.7. The zero-order valence-electron chi connectivity index (χ0n) is 14.2. The number of aliphatic carboxylic acids is 1. The summed E-state index contributed by atoms with van der Waals surface area (Å²) in [6.07, 6.45) is 2.97. The monoisotopic (exact) mass is 348 g/mol. The van der Waals surface area contributed by atoms with Crippen molar-refractivity contribution in [1.82, 2.24) is 14.9 Å². The third kappa shape index (κ3) is 3.48. The summed E-state index contributed by atoms with van der Waals surface area (Å²) in [7, 11) is 1.41. The molecule has 1 aliphatic rings. The Bertz CT molecular complexity index is 780. The topological polar surface area (TPSA) is 87.6 Å².